The fourth-order valence-corrected chi connectivity index (χ4v) is 2.96. The first kappa shape index (κ1) is 16.1. The number of benzene rings is 3. The molecule has 3 aromatic rings. The molecule has 0 aliphatic rings. The average Bonchev–Trinajstić information content (AvgIpc) is 2.63. The maximum Gasteiger partial charge on any atom is 0.0658 e. The number of nitrogens with one attached hydrogen (secondary N) is 2. The second-order valence-electron chi connectivity index (χ2n) is 6.23. The Kier molecular flexibility index (Phi) is 4.57. The van der Waals surface area contributed by atoms with Crippen molar-refractivity contribution in [3.8, 4) is 0 Å². The minimum absolute atomic E-state index is 1.10. The third-order valence-electron chi connectivity index (χ3n) is 4.77. The molecule has 122 valence electrons. The first-order chi connectivity index (χ1) is 11.6. The molecule has 0 spiro atoms. The maximum atomic E-state index is 3.61. The SMILES string of the molecule is Cc1c(C)c(C)c(Nc2ccccc2)c(Nc2ccccc2)c1C. The van der Waals surface area contributed by atoms with Crippen LogP contribution in [0.25, 0.3) is 0 Å². The van der Waals surface area contributed by atoms with Crippen LogP contribution in [0.4, 0.5) is 22.7 Å². The Morgan fingerprint density at radius 2 is 0.792 bits per heavy atom. The Morgan fingerprint density at radius 1 is 0.458 bits per heavy atom. The standard InChI is InChI=1S/C22H24N2/c1-15-16(2)18(4)22(24-20-13-9-6-10-14-20)21(17(15)3)23-19-11-7-5-8-12-19/h5-14,23-24H,1-4H3. The Morgan fingerprint density at radius 3 is 1.12 bits per heavy atom. The van der Waals surface area contributed by atoms with Gasteiger partial charge in [0.2, 0.25) is 0 Å². The van der Waals surface area contributed by atoms with E-state index in [2.05, 4.69) is 86.9 Å². The molecule has 2 N–H and O–H groups in total. The van der Waals surface area contributed by atoms with Crippen molar-refractivity contribution in [3.05, 3.63) is 82.9 Å². The topological polar surface area (TPSA) is 24.1 Å². The third kappa shape index (κ3) is 3.13. The summed E-state index contributed by atoms with van der Waals surface area (Å²) in [5.41, 5.74) is 9.71. The number of rotatable bonds is 4. The molecule has 0 amide bonds. The maximum absolute atomic E-state index is 3.61. The van der Waals surface area contributed by atoms with Gasteiger partial charge in [0.15, 0.2) is 0 Å². The van der Waals surface area contributed by atoms with E-state index < -0.39 is 0 Å². The lowest BCUT2D eigenvalue weighted by atomic mass is 9.95. The van der Waals surface area contributed by atoms with Gasteiger partial charge in [0, 0.05) is 11.4 Å². The number of anilines is 4. The fourth-order valence-electron chi connectivity index (χ4n) is 2.96. The predicted octanol–water partition coefficient (Wildman–Crippen LogP) is 6.41. The van der Waals surface area contributed by atoms with Crippen molar-refractivity contribution in [2.45, 2.75) is 27.7 Å². The Bertz CT molecular complexity index is 765. The monoisotopic (exact) mass is 316 g/mol. The highest BCUT2D eigenvalue weighted by molar-refractivity contribution is 5.85. The van der Waals surface area contributed by atoms with E-state index in [1.54, 1.807) is 0 Å². The second kappa shape index (κ2) is 6.79. The third-order valence-corrected chi connectivity index (χ3v) is 4.77. The summed E-state index contributed by atoms with van der Waals surface area (Å²) in [6.45, 7) is 8.76. The molecule has 0 radical (unpaired) electrons. The molecule has 24 heavy (non-hydrogen) atoms. The van der Waals surface area contributed by atoms with Crippen molar-refractivity contribution in [1.29, 1.82) is 0 Å². The molecule has 0 aromatic heterocycles. The van der Waals surface area contributed by atoms with Crippen LogP contribution >= 0.6 is 0 Å². The van der Waals surface area contributed by atoms with Gasteiger partial charge < -0.3 is 10.6 Å². The lowest BCUT2D eigenvalue weighted by molar-refractivity contribution is 1.21. The van der Waals surface area contributed by atoms with Crippen molar-refractivity contribution in [1.82, 2.24) is 0 Å². The lowest BCUT2D eigenvalue weighted by Crippen LogP contribution is -2.05. The molecule has 0 saturated carbocycles. The zero-order valence-electron chi connectivity index (χ0n) is 14.8. The summed E-state index contributed by atoms with van der Waals surface area (Å²) in [5.74, 6) is 0. The minimum Gasteiger partial charge on any atom is -0.354 e. The van der Waals surface area contributed by atoms with E-state index in [4.69, 9.17) is 0 Å². The van der Waals surface area contributed by atoms with Crippen LogP contribution in [0.5, 0.6) is 0 Å². The molecule has 0 heterocycles. The molecule has 2 nitrogen and oxygen atoms in total. The van der Waals surface area contributed by atoms with Gasteiger partial charge in [0.05, 0.1) is 11.4 Å². The summed E-state index contributed by atoms with van der Waals surface area (Å²) in [7, 11) is 0. The van der Waals surface area contributed by atoms with Crippen LogP contribution in [0.15, 0.2) is 60.7 Å². The molecule has 0 bridgehead atoms. The number of hydrogen-bond donors (Lipinski definition) is 2. The summed E-state index contributed by atoms with van der Waals surface area (Å²) in [6, 6.07) is 20.6. The molecule has 3 rings (SSSR count). The van der Waals surface area contributed by atoms with Crippen LogP contribution in [0.3, 0.4) is 0 Å². The largest absolute Gasteiger partial charge is 0.354 e. The molecule has 3 aromatic carbocycles. The van der Waals surface area contributed by atoms with Gasteiger partial charge in [-0.15, -0.1) is 0 Å². The highest BCUT2D eigenvalue weighted by atomic mass is 15.0. The average molecular weight is 316 g/mol. The van der Waals surface area contributed by atoms with Crippen LogP contribution in [-0.4, -0.2) is 0 Å². The van der Waals surface area contributed by atoms with E-state index >= 15 is 0 Å². The van der Waals surface area contributed by atoms with Gasteiger partial charge >= 0.3 is 0 Å². The summed E-state index contributed by atoms with van der Waals surface area (Å²) >= 11 is 0. The van der Waals surface area contributed by atoms with Gasteiger partial charge in [0.25, 0.3) is 0 Å². The molecule has 0 aliphatic carbocycles. The zero-order valence-corrected chi connectivity index (χ0v) is 14.8. The highest BCUT2D eigenvalue weighted by Crippen LogP contribution is 2.38. The van der Waals surface area contributed by atoms with Crippen molar-refractivity contribution in [2.75, 3.05) is 10.6 Å². The van der Waals surface area contributed by atoms with Gasteiger partial charge in [0.1, 0.15) is 0 Å². The summed E-state index contributed by atoms with van der Waals surface area (Å²) in [5, 5.41) is 7.21. The Labute approximate surface area is 144 Å². The van der Waals surface area contributed by atoms with Gasteiger partial charge in [-0.25, -0.2) is 0 Å². The first-order valence-corrected chi connectivity index (χ1v) is 8.32. The molecular formula is C22H24N2. The zero-order chi connectivity index (χ0) is 17.1. The molecule has 0 atom stereocenters. The quantitative estimate of drug-likeness (QED) is 0.581. The number of para-hydroxylation sites is 2. The van der Waals surface area contributed by atoms with E-state index in [9.17, 15) is 0 Å². The lowest BCUT2D eigenvalue weighted by Gasteiger charge is -2.23. The predicted molar refractivity (Wildman–Crippen MR) is 105 cm³/mol. The van der Waals surface area contributed by atoms with Gasteiger partial charge in [-0.3, -0.25) is 0 Å². The molecule has 0 saturated heterocycles. The molecule has 0 aliphatic heterocycles. The molecule has 0 fully saturated rings. The van der Waals surface area contributed by atoms with Crippen LogP contribution < -0.4 is 10.6 Å². The van der Waals surface area contributed by atoms with Gasteiger partial charge in [-0.1, -0.05) is 36.4 Å². The van der Waals surface area contributed by atoms with E-state index in [0.717, 1.165) is 22.7 Å². The normalized spacial score (nSPS) is 10.5. The second-order valence-corrected chi connectivity index (χ2v) is 6.23. The Balaban J connectivity index is 2.11. The highest BCUT2D eigenvalue weighted by Gasteiger charge is 2.15. The number of hydrogen-bond acceptors (Lipinski definition) is 2. The van der Waals surface area contributed by atoms with E-state index in [0.29, 0.717) is 0 Å². The van der Waals surface area contributed by atoms with Crippen LogP contribution in [0.1, 0.15) is 22.3 Å². The smallest absolute Gasteiger partial charge is 0.0658 e. The Hall–Kier alpha value is -2.74. The van der Waals surface area contributed by atoms with Crippen molar-refractivity contribution >= 4 is 22.7 Å². The van der Waals surface area contributed by atoms with Gasteiger partial charge in [-0.05, 0) is 74.2 Å². The first-order valence-electron chi connectivity index (χ1n) is 8.32. The van der Waals surface area contributed by atoms with Crippen molar-refractivity contribution < 1.29 is 0 Å². The fraction of sp³-hybridized carbons (Fsp3) is 0.182. The molecular weight excluding hydrogens is 292 g/mol. The van der Waals surface area contributed by atoms with Crippen LogP contribution in [0.2, 0.25) is 0 Å². The van der Waals surface area contributed by atoms with Gasteiger partial charge in [-0.2, -0.15) is 0 Å². The van der Waals surface area contributed by atoms with E-state index in [-0.39, 0.29) is 0 Å². The van der Waals surface area contributed by atoms with Crippen molar-refractivity contribution in [2.24, 2.45) is 0 Å². The summed E-state index contributed by atoms with van der Waals surface area (Å²) < 4.78 is 0. The molecule has 0 unspecified atom stereocenters. The van der Waals surface area contributed by atoms with Crippen molar-refractivity contribution in [3.63, 3.8) is 0 Å². The van der Waals surface area contributed by atoms with Crippen LogP contribution in [0, 0.1) is 27.7 Å². The molecule has 2 heteroatoms. The summed E-state index contributed by atoms with van der Waals surface area (Å²) in [6.07, 6.45) is 0. The van der Waals surface area contributed by atoms with E-state index in [1.807, 2.05) is 12.1 Å². The summed E-state index contributed by atoms with van der Waals surface area (Å²) in [4.78, 5) is 0. The minimum atomic E-state index is 1.10. The van der Waals surface area contributed by atoms with Crippen LogP contribution in [-0.2, 0) is 0 Å². The van der Waals surface area contributed by atoms with E-state index in [1.165, 1.54) is 22.3 Å².